The SMILES string of the molecule is COCCn1c(SCC(=O)O)nc2cc(F)c(OC)cc21. The molecule has 0 saturated heterocycles. The first-order valence-electron chi connectivity index (χ1n) is 6.14. The number of nitrogens with zero attached hydrogens (tertiary/aromatic N) is 2. The van der Waals surface area contributed by atoms with Crippen LogP contribution >= 0.6 is 11.8 Å². The van der Waals surface area contributed by atoms with Gasteiger partial charge in [0.2, 0.25) is 0 Å². The second-order valence-electron chi connectivity index (χ2n) is 4.20. The summed E-state index contributed by atoms with van der Waals surface area (Å²) in [5.41, 5.74) is 1.13. The lowest BCUT2D eigenvalue weighted by Gasteiger charge is -2.08. The quantitative estimate of drug-likeness (QED) is 0.788. The average molecular weight is 314 g/mol. The Hall–Kier alpha value is -1.80. The number of ether oxygens (including phenoxy) is 2. The highest BCUT2D eigenvalue weighted by atomic mass is 32.2. The van der Waals surface area contributed by atoms with E-state index in [-0.39, 0.29) is 11.5 Å². The van der Waals surface area contributed by atoms with Gasteiger partial charge in [0.25, 0.3) is 0 Å². The molecule has 2 aromatic rings. The van der Waals surface area contributed by atoms with Gasteiger partial charge in [0.15, 0.2) is 16.7 Å². The smallest absolute Gasteiger partial charge is 0.313 e. The Balaban J connectivity index is 2.47. The van der Waals surface area contributed by atoms with Gasteiger partial charge in [0.1, 0.15) is 0 Å². The molecular formula is C13H15FN2O4S. The Bertz CT molecular complexity index is 659. The van der Waals surface area contributed by atoms with Crippen molar-refractivity contribution in [1.82, 2.24) is 9.55 Å². The zero-order chi connectivity index (χ0) is 15.4. The van der Waals surface area contributed by atoms with E-state index >= 15 is 0 Å². The maximum Gasteiger partial charge on any atom is 0.313 e. The highest BCUT2D eigenvalue weighted by molar-refractivity contribution is 7.99. The molecule has 0 amide bonds. The second kappa shape index (κ2) is 6.77. The van der Waals surface area contributed by atoms with Gasteiger partial charge < -0.3 is 19.1 Å². The lowest BCUT2D eigenvalue weighted by molar-refractivity contribution is -0.133. The van der Waals surface area contributed by atoms with Crippen molar-refractivity contribution in [2.75, 3.05) is 26.6 Å². The molecule has 0 radical (unpaired) electrons. The number of benzene rings is 1. The van der Waals surface area contributed by atoms with Gasteiger partial charge in [0, 0.05) is 25.8 Å². The van der Waals surface area contributed by atoms with Crippen LogP contribution in [0.15, 0.2) is 17.3 Å². The van der Waals surface area contributed by atoms with Crippen LogP contribution in [0.25, 0.3) is 11.0 Å². The van der Waals surface area contributed by atoms with E-state index in [0.717, 1.165) is 11.8 Å². The number of aromatic nitrogens is 2. The van der Waals surface area contributed by atoms with Crippen LogP contribution in [0.2, 0.25) is 0 Å². The number of hydrogen-bond donors (Lipinski definition) is 1. The van der Waals surface area contributed by atoms with E-state index in [9.17, 15) is 9.18 Å². The summed E-state index contributed by atoms with van der Waals surface area (Å²) in [4.78, 5) is 15.0. The van der Waals surface area contributed by atoms with E-state index in [4.69, 9.17) is 14.6 Å². The van der Waals surface area contributed by atoms with E-state index in [1.54, 1.807) is 17.7 Å². The zero-order valence-corrected chi connectivity index (χ0v) is 12.4. The number of halogens is 1. The van der Waals surface area contributed by atoms with Crippen molar-refractivity contribution in [3.63, 3.8) is 0 Å². The molecule has 2 rings (SSSR count). The fraction of sp³-hybridized carbons (Fsp3) is 0.385. The van der Waals surface area contributed by atoms with Crippen LogP contribution in [0, 0.1) is 5.82 Å². The third kappa shape index (κ3) is 3.45. The highest BCUT2D eigenvalue weighted by Crippen LogP contribution is 2.29. The van der Waals surface area contributed by atoms with E-state index in [1.807, 2.05) is 0 Å². The summed E-state index contributed by atoms with van der Waals surface area (Å²) in [5, 5.41) is 9.29. The minimum atomic E-state index is -0.936. The Morgan fingerprint density at radius 1 is 1.48 bits per heavy atom. The summed E-state index contributed by atoms with van der Waals surface area (Å²) in [6.45, 7) is 0.926. The first-order chi connectivity index (χ1) is 10.1. The molecule has 0 spiro atoms. The molecule has 1 aromatic carbocycles. The first kappa shape index (κ1) is 15.6. The number of rotatable bonds is 7. The minimum absolute atomic E-state index is 0.115. The van der Waals surface area contributed by atoms with Gasteiger partial charge in [-0.15, -0.1) is 0 Å². The number of carbonyl (C=O) groups is 1. The standard InChI is InChI=1S/C13H15FN2O4S/c1-19-4-3-16-10-6-11(20-2)8(14)5-9(10)15-13(16)21-7-12(17)18/h5-6H,3-4,7H2,1-2H3,(H,17,18). The molecule has 0 bridgehead atoms. The Kier molecular flexibility index (Phi) is 5.03. The molecule has 1 N–H and O–H groups in total. The van der Waals surface area contributed by atoms with E-state index in [2.05, 4.69) is 4.98 Å². The van der Waals surface area contributed by atoms with E-state index in [1.165, 1.54) is 13.2 Å². The predicted molar refractivity (Wildman–Crippen MR) is 76.5 cm³/mol. The molecule has 0 fully saturated rings. The summed E-state index contributed by atoms with van der Waals surface area (Å²) in [6.07, 6.45) is 0. The predicted octanol–water partition coefficient (Wildman–Crippen LogP) is 2.01. The van der Waals surface area contributed by atoms with Crippen LogP contribution in [0.3, 0.4) is 0 Å². The molecule has 8 heteroatoms. The first-order valence-corrected chi connectivity index (χ1v) is 7.12. The number of carboxylic acids is 1. The molecule has 1 heterocycles. The summed E-state index contributed by atoms with van der Waals surface area (Å²) in [5.74, 6) is -1.43. The van der Waals surface area contributed by atoms with Gasteiger partial charge in [-0.1, -0.05) is 11.8 Å². The van der Waals surface area contributed by atoms with Crippen molar-refractivity contribution in [2.24, 2.45) is 0 Å². The lowest BCUT2D eigenvalue weighted by Crippen LogP contribution is -2.07. The van der Waals surface area contributed by atoms with Crippen LogP contribution < -0.4 is 4.74 Å². The molecule has 21 heavy (non-hydrogen) atoms. The van der Waals surface area contributed by atoms with Crippen LogP contribution in [-0.4, -0.2) is 47.2 Å². The number of aliphatic carboxylic acids is 1. The fourth-order valence-electron chi connectivity index (χ4n) is 1.90. The summed E-state index contributed by atoms with van der Waals surface area (Å²) in [6, 6.07) is 2.83. The summed E-state index contributed by atoms with van der Waals surface area (Å²) < 4.78 is 25.5. The third-order valence-electron chi connectivity index (χ3n) is 2.83. The van der Waals surface area contributed by atoms with Crippen LogP contribution in [0.5, 0.6) is 5.75 Å². The zero-order valence-electron chi connectivity index (χ0n) is 11.6. The number of carboxylic acid groups (broad SMARTS) is 1. The number of fused-ring (bicyclic) bond motifs is 1. The summed E-state index contributed by atoms with van der Waals surface area (Å²) >= 11 is 1.08. The van der Waals surface area contributed by atoms with Crippen LogP contribution in [-0.2, 0) is 16.1 Å². The molecule has 6 nitrogen and oxygen atoms in total. The van der Waals surface area contributed by atoms with Crippen molar-refractivity contribution >= 4 is 28.8 Å². The van der Waals surface area contributed by atoms with Gasteiger partial charge in [-0.05, 0) is 0 Å². The number of methoxy groups -OCH3 is 2. The van der Waals surface area contributed by atoms with Crippen molar-refractivity contribution < 1.29 is 23.8 Å². The molecule has 114 valence electrons. The minimum Gasteiger partial charge on any atom is -0.494 e. The largest absolute Gasteiger partial charge is 0.494 e. The van der Waals surface area contributed by atoms with Gasteiger partial charge in [0.05, 0.1) is 30.5 Å². The number of thioether (sulfide) groups is 1. The maximum absolute atomic E-state index is 13.7. The third-order valence-corrected chi connectivity index (χ3v) is 3.79. The topological polar surface area (TPSA) is 73.6 Å². The van der Waals surface area contributed by atoms with Crippen LogP contribution in [0.1, 0.15) is 0 Å². The molecule has 0 aliphatic heterocycles. The van der Waals surface area contributed by atoms with Crippen molar-refractivity contribution in [1.29, 1.82) is 0 Å². The molecule has 0 unspecified atom stereocenters. The number of hydrogen-bond acceptors (Lipinski definition) is 5. The lowest BCUT2D eigenvalue weighted by atomic mass is 10.3. The Labute approximate surface area is 124 Å². The van der Waals surface area contributed by atoms with E-state index in [0.29, 0.717) is 29.3 Å². The van der Waals surface area contributed by atoms with Crippen molar-refractivity contribution in [3.8, 4) is 5.75 Å². The maximum atomic E-state index is 13.7. The average Bonchev–Trinajstić information content (AvgIpc) is 2.78. The highest BCUT2D eigenvalue weighted by Gasteiger charge is 2.15. The van der Waals surface area contributed by atoms with E-state index < -0.39 is 11.8 Å². The normalized spacial score (nSPS) is 11.0. The molecular weight excluding hydrogens is 299 g/mol. The summed E-state index contributed by atoms with van der Waals surface area (Å²) in [7, 11) is 2.96. The van der Waals surface area contributed by atoms with Gasteiger partial charge >= 0.3 is 5.97 Å². The molecule has 0 atom stereocenters. The molecule has 1 aromatic heterocycles. The Morgan fingerprint density at radius 3 is 2.86 bits per heavy atom. The molecule has 0 saturated carbocycles. The van der Waals surface area contributed by atoms with Crippen molar-refractivity contribution in [3.05, 3.63) is 17.9 Å². The van der Waals surface area contributed by atoms with Crippen LogP contribution in [0.4, 0.5) is 4.39 Å². The molecule has 0 aliphatic carbocycles. The van der Waals surface area contributed by atoms with Gasteiger partial charge in [-0.3, -0.25) is 4.79 Å². The number of imidazole rings is 1. The second-order valence-corrected chi connectivity index (χ2v) is 5.14. The van der Waals surface area contributed by atoms with Gasteiger partial charge in [-0.25, -0.2) is 9.37 Å². The van der Waals surface area contributed by atoms with Crippen molar-refractivity contribution in [2.45, 2.75) is 11.7 Å². The monoisotopic (exact) mass is 314 g/mol. The Morgan fingerprint density at radius 2 is 2.24 bits per heavy atom. The fourth-order valence-corrected chi connectivity index (χ4v) is 2.66. The van der Waals surface area contributed by atoms with Gasteiger partial charge in [-0.2, -0.15) is 0 Å². The molecule has 0 aliphatic rings.